The van der Waals surface area contributed by atoms with Crippen molar-refractivity contribution in [3.8, 4) is 0 Å². The van der Waals surface area contributed by atoms with Crippen molar-refractivity contribution >= 4 is 5.91 Å². The van der Waals surface area contributed by atoms with Gasteiger partial charge in [-0.05, 0) is 18.8 Å². The van der Waals surface area contributed by atoms with Gasteiger partial charge in [0, 0.05) is 25.4 Å². The lowest BCUT2D eigenvalue weighted by atomic mass is 9.87. The Morgan fingerprint density at radius 1 is 1.40 bits per heavy atom. The van der Waals surface area contributed by atoms with E-state index in [9.17, 15) is 14.4 Å². The van der Waals surface area contributed by atoms with E-state index in [2.05, 4.69) is 12.2 Å². The van der Waals surface area contributed by atoms with E-state index in [1.54, 1.807) is 0 Å². The summed E-state index contributed by atoms with van der Waals surface area (Å²) in [5.41, 5.74) is -0.836. The highest BCUT2D eigenvalue weighted by molar-refractivity contribution is 5.76. The number of hydrogen-bond acceptors (Lipinski definition) is 3. The van der Waals surface area contributed by atoms with Crippen molar-refractivity contribution in [2.45, 2.75) is 45.2 Å². The molecule has 6 heteroatoms. The normalized spacial score (nSPS) is 22.5. The number of carbonyl (C=O) groups is 1. The summed E-state index contributed by atoms with van der Waals surface area (Å²) in [6.45, 7) is 2.15. The van der Waals surface area contributed by atoms with Crippen LogP contribution in [0, 0.1) is 5.92 Å². The van der Waals surface area contributed by atoms with Gasteiger partial charge in [-0.1, -0.05) is 19.8 Å². The highest BCUT2D eigenvalue weighted by Crippen LogP contribution is 2.23. The largest absolute Gasteiger partial charge is 0.352 e. The zero-order chi connectivity index (χ0) is 14.7. The monoisotopic (exact) mass is 279 g/mol. The van der Waals surface area contributed by atoms with Gasteiger partial charge in [0.15, 0.2) is 0 Å². The predicted molar refractivity (Wildman–Crippen MR) is 75.5 cm³/mol. The molecule has 0 aromatic carbocycles. The quantitative estimate of drug-likeness (QED) is 0.861. The molecule has 0 bridgehead atoms. The van der Waals surface area contributed by atoms with Gasteiger partial charge < -0.3 is 5.32 Å². The van der Waals surface area contributed by atoms with E-state index in [1.807, 2.05) is 0 Å². The molecule has 6 nitrogen and oxygen atoms in total. The van der Waals surface area contributed by atoms with Crippen molar-refractivity contribution in [1.29, 1.82) is 0 Å². The first-order valence-corrected chi connectivity index (χ1v) is 7.03. The Labute approximate surface area is 117 Å². The summed E-state index contributed by atoms with van der Waals surface area (Å²) >= 11 is 0. The van der Waals surface area contributed by atoms with E-state index in [-0.39, 0.29) is 24.1 Å². The zero-order valence-electron chi connectivity index (χ0n) is 12.0. The van der Waals surface area contributed by atoms with Crippen LogP contribution in [0.25, 0.3) is 0 Å². The summed E-state index contributed by atoms with van der Waals surface area (Å²) in [7, 11) is 1.40. The maximum atomic E-state index is 12.0. The molecule has 0 unspecified atom stereocenters. The van der Waals surface area contributed by atoms with Crippen LogP contribution in [0.1, 0.15) is 32.6 Å². The molecule has 1 fully saturated rings. The highest BCUT2D eigenvalue weighted by Gasteiger charge is 2.20. The Hall–Kier alpha value is -1.85. The van der Waals surface area contributed by atoms with Crippen LogP contribution in [0.4, 0.5) is 0 Å². The Morgan fingerprint density at radius 2 is 2.15 bits per heavy atom. The molecule has 1 N–H and O–H groups in total. The van der Waals surface area contributed by atoms with Crippen LogP contribution in [0.3, 0.4) is 0 Å². The molecule has 20 heavy (non-hydrogen) atoms. The second kappa shape index (κ2) is 6.07. The van der Waals surface area contributed by atoms with Crippen LogP contribution >= 0.6 is 0 Å². The molecule has 0 spiro atoms. The fraction of sp³-hybridized carbons (Fsp3) is 0.643. The molecule has 0 saturated heterocycles. The van der Waals surface area contributed by atoms with Crippen molar-refractivity contribution in [1.82, 2.24) is 14.5 Å². The van der Waals surface area contributed by atoms with Crippen LogP contribution in [0.15, 0.2) is 21.9 Å². The third kappa shape index (κ3) is 3.37. The Kier molecular flexibility index (Phi) is 4.42. The summed E-state index contributed by atoms with van der Waals surface area (Å²) in [6.07, 6.45) is 5.71. The molecular formula is C14H21N3O3. The Bertz CT molecular complexity index is 602. The maximum absolute atomic E-state index is 12.0. The average Bonchev–Trinajstić information content (AvgIpc) is 2.39. The minimum atomic E-state index is -0.468. The summed E-state index contributed by atoms with van der Waals surface area (Å²) in [5, 5.41) is 2.97. The maximum Gasteiger partial charge on any atom is 0.331 e. The first-order valence-electron chi connectivity index (χ1n) is 7.03. The lowest BCUT2D eigenvalue weighted by molar-refractivity contribution is -0.122. The minimum Gasteiger partial charge on any atom is -0.352 e. The van der Waals surface area contributed by atoms with E-state index in [0.29, 0.717) is 5.92 Å². The molecule has 1 aliphatic carbocycles. The van der Waals surface area contributed by atoms with Crippen LogP contribution in [0.2, 0.25) is 0 Å². The second-order valence-corrected chi connectivity index (χ2v) is 5.66. The molecule has 1 aromatic rings. The number of nitrogens with one attached hydrogen (secondary N) is 1. The van der Waals surface area contributed by atoms with Crippen molar-refractivity contribution in [3.05, 3.63) is 33.1 Å². The Morgan fingerprint density at radius 3 is 2.85 bits per heavy atom. The molecule has 0 aliphatic heterocycles. The smallest absolute Gasteiger partial charge is 0.331 e. The number of amides is 1. The molecule has 2 atom stereocenters. The third-order valence-corrected chi connectivity index (χ3v) is 3.88. The van der Waals surface area contributed by atoms with Crippen molar-refractivity contribution in [2.24, 2.45) is 13.0 Å². The van der Waals surface area contributed by atoms with Gasteiger partial charge in [-0.25, -0.2) is 4.79 Å². The van der Waals surface area contributed by atoms with Crippen molar-refractivity contribution < 1.29 is 4.79 Å². The standard InChI is InChI=1S/C14H21N3O3/c1-10-4-3-5-11(8-10)15-12(18)9-17-7-6-13(19)16(2)14(17)20/h6-7,10-11H,3-5,8-9H2,1-2H3,(H,15,18)/t10-,11-/m1/s1. The summed E-state index contributed by atoms with van der Waals surface area (Å²) in [6, 6.07) is 1.49. The molecule has 0 radical (unpaired) electrons. The molecule has 2 rings (SSSR count). The SMILES string of the molecule is C[C@@H]1CCC[C@@H](NC(=O)Cn2ccc(=O)n(C)c2=O)C1. The van der Waals surface area contributed by atoms with Crippen LogP contribution < -0.4 is 16.6 Å². The van der Waals surface area contributed by atoms with Gasteiger partial charge in [0.1, 0.15) is 6.54 Å². The molecular weight excluding hydrogens is 258 g/mol. The predicted octanol–water partition coefficient (Wildman–Crippen LogP) is 0.242. The van der Waals surface area contributed by atoms with E-state index < -0.39 is 5.69 Å². The average molecular weight is 279 g/mol. The van der Waals surface area contributed by atoms with E-state index in [1.165, 1.54) is 30.3 Å². The van der Waals surface area contributed by atoms with Gasteiger partial charge in [0.25, 0.3) is 5.56 Å². The van der Waals surface area contributed by atoms with Crippen molar-refractivity contribution in [2.75, 3.05) is 0 Å². The molecule has 1 saturated carbocycles. The second-order valence-electron chi connectivity index (χ2n) is 5.66. The fourth-order valence-corrected chi connectivity index (χ4v) is 2.73. The molecule has 1 heterocycles. The summed E-state index contributed by atoms with van der Waals surface area (Å²) in [5.74, 6) is 0.458. The van der Waals surface area contributed by atoms with Crippen molar-refractivity contribution in [3.63, 3.8) is 0 Å². The van der Waals surface area contributed by atoms with Gasteiger partial charge in [-0.15, -0.1) is 0 Å². The van der Waals surface area contributed by atoms with Crippen LogP contribution in [-0.4, -0.2) is 21.1 Å². The van der Waals surface area contributed by atoms with Crippen LogP contribution in [-0.2, 0) is 18.4 Å². The number of nitrogens with zero attached hydrogens (tertiary/aromatic N) is 2. The first kappa shape index (κ1) is 14.6. The van der Waals surface area contributed by atoms with E-state index in [0.717, 1.165) is 23.8 Å². The summed E-state index contributed by atoms with van der Waals surface area (Å²) < 4.78 is 2.25. The lowest BCUT2D eigenvalue weighted by Gasteiger charge is -2.27. The molecule has 110 valence electrons. The number of carbonyl (C=O) groups excluding carboxylic acids is 1. The van der Waals surface area contributed by atoms with Gasteiger partial charge in [-0.2, -0.15) is 0 Å². The fourth-order valence-electron chi connectivity index (χ4n) is 2.73. The Balaban J connectivity index is 2.00. The van der Waals surface area contributed by atoms with Gasteiger partial charge >= 0.3 is 5.69 Å². The molecule has 1 aromatic heterocycles. The first-order chi connectivity index (χ1) is 9.47. The molecule has 1 amide bonds. The topological polar surface area (TPSA) is 73.1 Å². The highest BCUT2D eigenvalue weighted by atomic mass is 16.2. The third-order valence-electron chi connectivity index (χ3n) is 3.88. The molecule has 1 aliphatic rings. The van der Waals surface area contributed by atoms with Gasteiger partial charge in [0.2, 0.25) is 5.91 Å². The lowest BCUT2D eigenvalue weighted by Crippen LogP contribution is -2.43. The number of aromatic nitrogens is 2. The number of rotatable bonds is 3. The zero-order valence-corrected chi connectivity index (χ0v) is 12.0. The van der Waals surface area contributed by atoms with Gasteiger partial charge in [0.05, 0.1) is 0 Å². The number of hydrogen-bond donors (Lipinski definition) is 1. The van der Waals surface area contributed by atoms with Gasteiger partial charge in [-0.3, -0.25) is 18.7 Å². The van der Waals surface area contributed by atoms with Crippen LogP contribution in [0.5, 0.6) is 0 Å². The van der Waals surface area contributed by atoms with E-state index in [4.69, 9.17) is 0 Å². The van der Waals surface area contributed by atoms with E-state index >= 15 is 0 Å². The minimum absolute atomic E-state index is 0.0438. The summed E-state index contributed by atoms with van der Waals surface area (Å²) in [4.78, 5) is 35.1.